The number of ether oxygens (including phenoxy) is 1. The zero-order valence-electron chi connectivity index (χ0n) is 18.5. The molecule has 0 fully saturated rings. The number of benzene rings is 2. The maximum atomic E-state index is 11.3. The molecule has 0 saturated heterocycles. The molecule has 0 atom stereocenters. The predicted molar refractivity (Wildman–Crippen MR) is 130 cm³/mol. The van der Waals surface area contributed by atoms with Gasteiger partial charge in [-0.25, -0.2) is 18.1 Å². The van der Waals surface area contributed by atoms with Crippen molar-refractivity contribution in [2.45, 2.75) is 39.2 Å². The zero-order chi connectivity index (χ0) is 23.5. The Bertz CT molecular complexity index is 1170. The van der Waals surface area contributed by atoms with Gasteiger partial charge < -0.3 is 9.30 Å². The Morgan fingerprint density at radius 1 is 1.09 bits per heavy atom. The molecule has 1 heterocycles. The Labute approximate surface area is 199 Å². The molecule has 0 aliphatic heterocycles. The van der Waals surface area contributed by atoms with E-state index in [0.29, 0.717) is 28.1 Å². The predicted octanol–water partition coefficient (Wildman–Crippen LogP) is 5.34. The number of imidazole rings is 1. The summed E-state index contributed by atoms with van der Waals surface area (Å²) in [5.41, 5.74) is 3.29. The number of nitrogens with one attached hydrogen (secondary N) is 1. The number of hydrogen-bond donors (Lipinski definition) is 1. The van der Waals surface area contributed by atoms with Gasteiger partial charge in [-0.05, 0) is 41.8 Å². The minimum absolute atomic E-state index is 0.149. The van der Waals surface area contributed by atoms with Crippen molar-refractivity contribution in [3.05, 3.63) is 75.8 Å². The van der Waals surface area contributed by atoms with Crippen LogP contribution >= 0.6 is 23.2 Å². The lowest BCUT2D eigenvalue weighted by atomic mass is 9.78. The fraction of sp³-hybridized carbons (Fsp3) is 0.348. The van der Waals surface area contributed by atoms with Crippen molar-refractivity contribution in [3.63, 3.8) is 0 Å². The first-order valence-corrected chi connectivity index (χ1v) is 12.9. The molecule has 0 bridgehead atoms. The highest BCUT2D eigenvalue weighted by atomic mass is 35.5. The van der Waals surface area contributed by atoms with E-state index in [1.165, 1.54) is 0 Å². The van der Waals surface area contributed by atoms with Crippen molar-refractivity contribution in [1.82, 2.24) is 14.3 Å². The largest absolute Gasteiger partial charge is 0.490 e. The lowest BCUT2D eigenvalue weighted by molar-refractivity contribution is 0.317. The number of sulfonamides is 1. The molecule has 0 spiro atoms. The minimum Gasteiger partial charge on any atom is -0.490 e. The molecule has 1 N–H and O–H groups in total. The van der Waals surface area contributed by atoms with E-state index in [2.05, 4.69) is 23.6 Å². The maximum Gasteiger partial charge on any atom is 0.209 e. The number of nitrogens with zero attached hydrogens (tertiary/aromatic N) is 2. The first-order chi connectivity index (χ1) is 15.0. The van der Waals surface area contributed by atoms with Crippen molar-refractivity contribution < 1.29 is 13.2 Å². The van der Waals surface area contributed by atoms with Crippen molar-refractivity contribution in [2.24, 2.45) is 0 Å². The summed E-state index contributed by atoms with van der Waals surface area (Å²) in [7, 11) is -3.27. The van der Waals surface area contributed by atoms with Crippen LogP contribution in [0.3, 0.4) is 0 Å². The van der Waals surface area contributed by atoms with E-state index in [1.807, 2.05) is 47.9 Å². The van der Waals surface area contributed by atoms with E-state index in [1.54, 1.807) is 12.5 Å². The number of rotatable bonds is 9. The lowest BCUT2D eigenvalue weighted by Gasteiger charge is -2.27. The van der Waals surface area contributed by atoms with Gasteiger partial charge in [0, 0.05) is 17.3 Å². The Hall–Kier alpha value is -2.06. The van der Waals surface area contributed by atoms with Gasteiger partial charge in [-0.1, -0.05) is 56.1 Å². The van der Waals surface area contributed by atoms with E-state index < -0.39 is 10.0 Å². The van der Waals surface area contributed by atoms with Gasteiger partial charge in [0.15, 0.2) is 5.75 Å². The molecule has 6 nitrogen and oxygen atoms in total. The minimum atomic E-state index is -3.27. The Kier molecular flexibility index (Phi) is 7.55. The van der Waals surface area contributed by atoms with Gasteiger partial charge in [0.1, 0.15) is 0 Å². The van der Waals surface area contributed by atoms with E-state index in [0.717, 1.165) is 29.5 Å². The topological polar surface area (TPSA) is 73.2 Å². The molecule has 32 heavy (non-hydrogen) atoms. The van der Waals surface area contributed by atoms with Crippen LogP contribution in [0.25, 0.3) is 5.69 Å². The molecule has 3 rings (SSSR count). The molecule has 0 radical (unpaired) electrons. The second-order valence-electron chi connectivity index (χ2n) is 8.15. The monoisotopic (exact) mass is 495 g/mol. The molecule has 0 aliphatic rings. The molecule has 0 amide bonds. The molecule has 0 aliphatic carbocycles. The van der Waals surface area contributed by atoms with E-state index in [9.17, 15) is 8.42 Å². The van der Waals surface area contributed by atoms with Gasteiger partial charge in [-0.2, -0.15) is 0 Å². The molecule has 0 saturated carbocycles. The highest BCUT2D eigenvalue weighted by molar-refractivity contribution is 7.88. The molecule has 1 aromatic heterocycles. The van der Waals surface area contributed by atoms with Crippen LogP contribution in [0.1, 0.15) is 44.0 Å². The van der Waals surface area contributed by atoms with E-state index >= 15 is 0 Å². The third-order valence-corrected chi connectivity index (χ3v) is 6.44. The summed E-state index contributed by atoms with van der Waals surface area (Å²) in [6, 6.07) is 11.9. The van der Waals surface area contributed by atoms with Crippen LogP contribution in [0.15, 0.2) is 48.9 Å². The average molecular weight is 496 g/mol. The molecule has 2 aromatic carbocycles. The highest BCUT2D eigenvalue weighted by Crippen LogP contribution is 2.40. The average Bonchev–Trinajstić information content (AvgIpc) is 3.20. The van der Waals surface area contributed by atoms with Crippen LogP contribution in [-0.4, -0.2) is 30.8 Å². The fourth-order valence-electron chi connectivity index (χ4n) is 3.28. The number of hydrogen-bond acceptors (Lipinski definition) is 4. The highest BCUT2D eigenvalue weighted by Gasteiger charge is 2.25. The van der Waals surface area contributed by atoms with Gasteiger partial charge in [0.25, 0.3) is 0 Å². The maximum absolute atomic E-state index is 11.3. The van der Waals surface area contributed by atoms with Crippen LogP contribution in [0, 0.1) is 0 Å². The van der Waals surface area contributed by atoms with Crippen molar-refractivity contribution in [3.8, 4) is 11.4 Å². The molecular formula is C23H27Cl2N3O3S. The Morgan fingerprint density at radius 3 is 2.28 bits per heavy atom. The molecule has 0 unspecified atom stereocenters. The van der Waals surface area contributed by atoms with Crippen molar-refractivity contribution in [2.75, 3.05) is 12.9 Å². The van der Waals surface area contributed by atoms with Gasteiger partial charge in [0.05, 0.1) is 41.5 Å². The summed E-state index contributed by atoms with van der Waals surface area (Å²) in [5, 5.41) is 0.999. The van der Waals surface area contributed by atoms with Gasteiger partial charge >= 0.3 is 0 Å². The third kappa shape index (κ3) is 5.84. The Balaban J connectivity index is 1.81. The standard InChI is InChI=1S/C23H27Cl2N3O3S/c1-5-10-31-22-20(24)11-17(12-21(22)25)23(2,3)16-6-8-19(9-7-16)28-14-18(26-15-28)13-27-32(4,29)30/h6-9,11-12,14-15,27H,5,10,13H2,1-4H3. The van der Waals surface area contributed by atoms with Crippen LogP contribution in [0.2, 0.25) is 10.0 Å². The van der Waals surface area contributed by atoms with Crippen LogP contribution in [0.4, 0.5) is 0 Å². The van der Waals surface area contributed by atoms with E-state index in [4.69, 9.17) is 27.9 Å². The normalized spacial score (nSPS) is 12.2. The van der Waals surface area contributed by atoms with Gasteiger partial charge in [-0.15, -0.1) is 0 Å². The van der Waals surface area contributed by atoms with Crippen LogP contribution < -0.4 is 9.46 Å². The summed E-state index contributed by atoms with van der Waals surface area (Å²) in [6.45, 7) is 6.96. The Morgan fingerprint density at radius 2 is 1.72 bits per heavy atom. The van der Waals surface area contributed by atoms with E-state index in [-0.39, 0.29) is 12.0 Å². The van der Waals surface area contributed by atoms with Crippen molar-refractivity contribution >= 4 is 33.2 Å². The number of halogens is 2. The van der Waals surface area contributed by atoms with Crippen LogP contribution in [0.5, 0.6) is 5.75 Å². The smallest absolute Gasteiger partial charge is 0.209 e. The van der Waals surface area contributed by atoms with Crippen molar-refractivity contribution in [1.29, 1.82) is 0 Å². The summed E-state index contributed by atoms with van der Waals surface area (Å²) in [6.07, 6.45) is 5.45. The quantitative estimate of drug-likeness (QED) is 0.434. The van der Waals surface area contributed by atoms with Gasteiger partial charge in [-0.3, -0.25) is 0 Å². The molecular weight excluding hydrogens is 469 g/mol. The third-order valence-electron chi connectivity index (χ3n) is 5.21. The fourth-order valence-corrected chi connectivity index (χ4v) is 4.29. The summed E-state index contributed by atoms with van der Waals surface area (Å²) < 4.78 is 32.5. The molecule has 3 aromatic rings. The summed E-state index contributed by atoms with van der Waals surface area (Å²) in [4.78, 5) is 4.26. The first kappa shape index (κ1) is 24.6. The van der Waals surface area contributed by atoms with Crippen LogP contribution in [-0.2, 0) is 22.0 Å². The molecule has 9 heteroatoms. The lowest BCUT2D eigenvalue weighted by Crippen LogP contribution is -2.21. The zero-order valence-corrected chi connectivity index (χ0v) is 20.9. The second kappa shape index (κ2) is 9.83. The molecule has 172 valence electrons. The summed E-state index contributed by atoms with van der Waals surface area (Å²) >= 11 is 12.9. The number of aromatic nitrogens is 2. The first-order valence-electron chi connectivity index (χ1n) is 10.2. The summed E-state index contributed by atoms with van der Waals surface area (Å²) in [5.74, 6) is 0.520. The SMILES string of the molecule is CCCOc1c(Cl)cc(C(C)(C)c2ccc(-n3cnc(CNS(C)(=O)=O)c3)cc2)cc1Cl. The second-order valence-corrected chi connectivity index (χ2v) is 10.8. The van der Waals surface area contributed by atoms with Gasteiger partial charge in [0.2, 0.25) is 10.0 Å².